The molecule has 4 aliphatic heterocycles. The standard InChI is InChI=1S/C11H20N2O/c1-9-2-5-12-11(14-9)8-13-6-3-10(11)4-7-13/h9-10,12H,2-8H2,1H3. The van der Waals surface area contributed by atoms with Crippen molar-refractivity contribution in [1.82, 2.24) is 10.2 Å². The van der Waals surface area contributed by atoms with Crippen LogP contribution < -0.4 is 5.32 Å². The highest BCUT2D eigenvalue weighted by Gasteiger charge is 2.49. The molecule has 3 heteroatoms. The highest BCUT2D eigenvalue weighted by Crippen LogP contribution is 2.38. The highest BCUT2D eigenvalue weighted by atomic mass is 16.5. The van der Waals surface area contributed by atoms with Crippen LogP contribution in [0.25, 0.3) is 0 Å². The zero-order chi connectivity index (χ0) is 9.60. The molecule has 4 aliphatic rings. The van der Waals surface area contributed by atoms with Crippen LogP contribution in [-0.2, 0) is 4.74 Å². The maximum atomic E-state index is 6.20. The van der Waals surface area contributed by atoms with E-state index < -0.39 is 0 Å². The fourth-order valence-corrected chi connectivity index (χ4v) is 3.30. The Morgan fingerprint density at radius 1 is 1.29 bits per heavy atom. The molecule has 14 heavy (non-hydrogen) atoms. The molecular weight excluding hydrogens is 176 g/mol. The number of hydrogen-bond acceptors (Lipinski definition) is 3. The predicted octanol–water partition coefficient (Wildman–Crippen LogP) is 0.807. The second kappa shape index (κ2) is 3.19. The van der Waals surface area contributed by atoms with E-state index in [-0.39, 0.29) is 5.72 Å². The summed E-state index contributed by atoms with van der Waals surface area (Å²) in [6.07, 6.45) is 4.24. The number of ether oxygens (including phenoxy) is 1. The molecule has 0 aromatic rings. The van der Waals surface area contributed by atoms with Crippen molar-refractivity contribution in [2.75, 3.05) is 26.2 Å². The number of rotatable bonds is 0. The molecule has 1 N–H and O–H groups in total. The zero-order valence-corrected chi connectivity index (χ0v) is 8.96. The first-order chi connectivity index (χ1) is 6.78. The van der Waals surface area contributed by atoms with Crippen LogP contribution in [0.3, 0.4) is 0 Å². The van der Waals surface area contributed by atoms with E-state index in [1.807, 2.05) is 0 Å². The summed E-state index contributed by atoms with van der Waals surface area (Å²) >= 11 is 0. The normalized spacial score (nSPS) is 52.5. The summed E-state index contributed by atoms with van der Waals surface area (Å²) in [7, 11) is 0. The first-order valence-electron chi connectivity index (χ1n) is 5.94. The second-order valence-electron chi connectivity index (χ2n) is 5.08. The van der Waals surface area contributed by atoms with Crippen molar-refractivity contribution < 1.29 is 4.74 Å². The van der Waals surface area contributed by atoms with Gasteiger partial charge in [-0.1, -0.05) is 0 Å². The molecule has 0 aromatic heterocycles. The quantitative estimate of drug-likeness (QED) is 0.620. The Kier molecular flexibility index (Phi) is 2.08. The first-order valence-corrected chi connectivity index (χ1v) is 5.94. The van der Waals surface area contributed by atoms with Crippen LogP contribution >= 0.6 is 0 Å². The van der Waals surface area contributed by atoms with Gasteiger partial charge in [0.1, 0.15) is 5.72 Å². The average Bonchev–Trinajstić information content (AvgIpc) is 2.18. The summed E-state index contributed by atoms with van der Waals surface area (Å²) < 4.78 is 6.20. The van der Waals surface area contributed by atoms with Crippen LogP contribution in [0, 0.1) is 5.92 Å². The molecule has 0 aromatic carbocycles. The largest absolute Gasteiger partial charge is 0.356 e. The van der Waals surface area contributed by atoms with Gasteiger partial charge < -0.3 is 4.74 Å². The van der Waals surface area contributed by atoms with Crippen LogP contribution in [0.15, 0.2) is 0 Å². The van der Waals surface area contributed by atoms with Gasteiger partial charge in [-0.05, 0) is 39.3 Å². The van der Waals surface area contributed by atoms with Gasteiger partial charge in [-0.3, -0.25) is 10.2 Å². The maximum Gasteiger partial charge on any atom is 0.135 e. The highest BCUT2D eigenvalue weighted by molar-refractivity contribution is 4.99. The van der Waals surface area contributed by atoms with Gasteiger partial charge in [0.2, 0.25) is 0 Å². The van der Waals surface area contributed by atoms with Crippen molar-refractivity contribution in [3.05, 3.63) is 0 Å². The number of fused-ring (bicyclic) bond motifs is 2. The summed E-state index contributed by atoms with van der Waals surface area (Å²) in [5, 5.41) is 3.63. The van der Waals surface area contributed by atoms with Crippen LogP contribution in [0.5, 0.6) is 0 Å². The van der Waals surface area contributed by atoms with Gasteiger partial charge >= 0.3 is 0 Å². The summed E-state index contributed by atoms with van der Waals surface area (Å²) in [6, 6.07) is 0. The Balaban J connectivity index is 1.81. The van der Waals surface area contributed by atoms with Crippen molar-refractivity contribution >= 4 is 0 Å². The lowest BCUT2D eigenvalue weighted by atomic mass is 9.80. The van der Waals surface area contributed by atoms with E-state index in [1.54, 1.807) is 0 Å². The third-order valence-corrected chi connectivity index (χ3v) is 4.09. The Bertz CT molecular complexity index is 221. The van der Waals surface area contributed by atoms with Gasteiger partial charge in [0, 0.05) is 19.0 Å². The monoisotopic (exact) mass is 196 g/mol. The number of piperidine rings is 3. The number of nitrogens with one attached hydrogen (secondary N) is 1. The van der Waals surface area contributed by atoms with Gasteiger partial charge in [-0.2, -0.15) is 0 Å². The summed E-state index contributed by atoms with van der Waals surface area (Å²) in [5.41, 5.74) is 0.0220. The minimum absolute atomic E-state index is 0.0220. The molecule has 4 fully saturated rings. The Morgan fingerprint density at radius 2 is 2.07 bits per heavy atom. The second-order valence-corrected chi connectivity index (χ2v) is 5.08. The lowest BCUT2D eigenvalue weighted by Gasteiger charge is -2.55. The topological polar surface area (TPSA) is 24.5 Å². The van der Waals surface area contributed by atoms with Gasteiger partial charge in [-0.25, -0.2) is 0 Å². The Morgan fingerprint density at radius 3 is 2.64 bits per heavy atom. The van der Waals surface area contributed by atoms with Crippen molar-refractivity contribution in [1.29, 1.82) is 0 Å². The summed E-state index contributed by atoms with van der Waals surface area (Å²) in [4.78, 5) is 2.55. The minimum Gasteiger partial charge on any atom is -0.356 e. The Labute approximate surface area is 85.8 Å². The van der Waals surface area contributed by atoms with E-state index in [4.69, 9.17) is 4.74 Å². The number of nitrogens with zero attached hydrogens (tertiary/aromatic N) is 1. The molecule has 4 rings (SSSR count). The van der Waals surface area contributed by atoms with Gasteiger partial charge in [0.25, 0.3) is 0 Å². The molecule has 4 heterocycles. The van der Waals surface area contributed by atoms with E-state index in [0.29, 0.717) is 6.10 Å². The fourth-order valence-electron chi connectivity index (χ4n) is 3.30. The van der Waals surface area contributed by atoms with E-state index in [0.717, 1.165) is 25.4 Å². The minimum atomic E-state index is 0.0220. The molecular formula is C11H20N2O. The molecule has 2 unspecified atom stereocenters. The molecule has 0 radical (unpaired) electrons. The van der Waals surface area contributed by atoms with E-state index in [9.17, 15) is 0 Å². The van der Waals surface area contributed by atoms with E-state index >= 15 is 0 Å². The SMILES string of the molecule is CC1CCNC2(CN3CCC2CC3)O1. The van der Waals surface area contributed by atoms with Gasteiger partial charge in [0.15, 0.2) is 0 Å². The third kappa shape index (κ3) is 1.30. The van der Waals surface area contributed by atoms with Crippen molar-refractivity contribution in [2.24, 2.45) is 5.92 Å². The maximum absolute atomic E-state index is 6.20. The molecule has 1 spiro atoms. The van der Waals surface area contributed by atoms with Crippen LogP contribution in [-0.4, -0.2) is 42.9 Å². The average molecular weight is 196 g/mol. The lowest BCUT2D eigenvalue weighted by Crippen LogP contribution is -2.69. The molecule has 0 saturated carbocycles. The van der Waals surface area contributed by atoms with E-state index in [1.165, 1.54) is 25.9 Å². The van der Waals surface area contributed by atoms with Crippen molar-refractivity contribution in [3.63, 3.8) is 0 Å². The molecule has 0 amide bonds. The molecule has 2 atom stereocenters. The Hall–Kier alpha value is -0.120. The fraction of sp³-hybridized carbons (Fsp3) is 1.00. The van der Waals surface area contributed by atoms with Crippen LogP contribution in [0.1, 0.15) is 26.2 Å². The zero-order valence-electron chi connectivity index (χ0n) is 8.96. The molecule has 80 valence electrons. The smallest absolute Gasteiger partial charge is 0.135 e. The van der Waals surface area contributed by atoms with Crippen molar-refractivity contribution in [2.45, 2.75) is 38.0 Å². The first kappa shape index (κ1) is 9.13. The van der Waals surface area contributed by atoms with Crippen LogP contribution in [0.2, 0.25) is 0 Å². The van der Waals surface area contributed by atoms with Gasteiger partial charge in [-0.15, -0.1) is 0 Å². The summed E-state index contributed by atoms with van der Waals surface area (Å²) in [6.45, 7) is 7.02. The summed E-state index contributed by atoms with van der Waals surface area (Å²) in [5.74, 6) is 0.759. The molecule has 2 bridgehead atoms. The van der Waals surface area contributed by atoms with Gasteiger partial charge in [0.05, 0.1) is 6.10 Å². The van der Waals surface area contributed by atoms with E-state index in [2.05, 4.69) is 17.1 Å². The molecule has 3 nitrogen and oxygen atoms in total. The van der Waals surface area contributed by atoms with Crippen molar-refractivity contribution in [3.8, 4) is 0 Å². The third-order valence-electron chi connectivity index (χ3n) is 4.09. The lowest BCUT2D eigenvalue weighted by molar-refractivity contribution is -0.212. The molecule has 4 saturated heterocycles. The number of hydrogen-bond donors (Lipinski definition) is 1. The molecule has 0 aliphatic carbocycles. The predicted molar refractivity (Wildman–Crippen MR) is 55.1 cm³/mol. The van der Waals surface area contributed by atoms with Crippen LogP contribution in [0.4, 0.5) is 0 Å².